The molecule has 0 aliphatic heterocycles. The van der Waals surface area contributed by atoms with Gasteiger partial charge in [0.05, 0.1) is 17.8 Å². The summed E-state index contributed by atoms with van der Waals surface area (Å²) in [6, 6.07) is 3.75. The van der Waals surface area contributed by atoms with Crippen molar-refractivity contribution in [3.8, 4) is 5.75 Å². The molecule has 6 heteroatoms. The number of benzene rings is 1. The summed E-state index contributed by atoms with van der Waals surface area (Å²) in [5.74, 6) is -1.32. The lowest BCUT2D eigenvalue weighted by atomic mass is 10.2. The van der Waals surface area contributed by atoms with Gasteiger partial charge >= 0.3 is 5.97 Å². The third kappa shape index (κ3) is 3.10. The van der Waals surface area contributed by atoms with Crippen molar-refractivity contribution in [1.82, 2.24) is 0 Å². The second-order valence-electron chi connectivity index (χ2n) is 3.88. The van der Waals surface area contributed by atoms with Gasteiger partial charge in [-0.1, -0.05) is 12.2 Å². The highest BCUT2D eigenvalue weighted by Gasteiger charge is 2.19. The normalized spacial score (nSPS) is 11.0. The summed E-state index contributed by atoms with van der Waals surface area (Å²) in [6.45, 7) is 5.13. The van der Waals surface area contributed by atoms with Crippen LogP contribution in [-0.4, -0.2) is 32.4 Å². The summed E-state index contributed by atoms with van der Waals surface area (Å²) in [5, 5.41) is 8.98. The minimum absolute atomic E-state index is 0.0521. The topological polar surface area (TPSA) is 80.7 Å². The van der Waals surface area contributed by atoms with Crippen molar-refractivity contribution in [2.45, 2.75) is 11.8 Å². The molecular formula is C12H14O5S. The van der Waals surface area contributed by atoms with Crippen molar-refractivity contribution in [2.24, 2.45) is 0 Å². The molecule has 1 rings (SSSR count). The van der Waals surface area contributed by atoms with E-state index in [2.05, 4.69) is 6.58 Å². The van der Waals surface area contributed by atoms with Gasteiger partial charge in [0.15, 0.2) is 9.84 Å². The predicted molar refractivity (Wildman–Crippen MR) is 66.8 cm³/mol. The minimum Gasteiger partial charge on any atom is -0.496 e. The van der Waals surface area contributed by atoms with Crippen LogP contribution in [-0.2, 0) is 9.84 Å². The minimum atomic E-state index is -3.56. The number of carboxylic acids is 1. The maximum absolute atomic E-state index is 11.9. The summed E-state index contributed by atoms with van der Waals surface area (Å²) in [5.41, 5.74) is 0.308. The number of sulfone groups is 1. The van der Waals surface area contributed by atoms with E-state index in [1.807, 2.05) is 0 Å². The zero-order valence-electron chi connectivity index (χ0n) is 10.1. The van der Waals surface area contributed by atoms with Gasteiger partial charge in [0.25, 0.3) is 0 Å². The Morgan fingerprint density at radius 3 is 2.50 bits per heavy atom. The fraction of sp³-hybridized carbons (Fsp3) is 0.250. The largest absolute Gasteiger partial charge is 0.496 e. The zero-order chi connectivity index (χ0) is 13.9. The molecule has 0 radical (unpaired) electrons. The van der Waals surface area contributed by atoms with E-state index in [1.165, 1.54) is 19.2 Å². The first kappa shape index (κ1) is 14.2. The molecule has 1 aromatic carbocycles. The molecule has 18 heavy (non-hydrogen) atoms. The maximum atomic E-state index is 11.9. The van der Waals surface area contributed by atoms with Gasteiger partial charge in [-0.2, -0.15) is 0 Å². The molecule has 0 aliphatic carbocycles. The van der Waals surface area contributed by atoms with Crippen LogP contribution in [0.2, 0.25) is 0 Å². The number of methoxy groups -OCH3 is 1. The highest BCUT2D eigenvalue weighted by Crippen LogP contribution is 2.23. The molecule has 0 atom stereocenters. The molecule has 0 fully saturated rings. The maximum Gasteiger partial charge on any atom is 0.339 e. The lowest BCUT2D eigenvalue weighted by Crippen LogP contribution is -2.09. The van der Waals surface area contributed by atoms with Crippen molar-refractivity contribution in [3.05, 3.63) is 35.9 Å². The number of carbonyl (C=O) groups is 1. The highest BCUT2D eigenvalue weighted by atomic mass is 32.2. The van der Waals surface area contributed by atoms with E-state index in [0.29, 0.717) is 5.57 Å². The predicted octanol–water partition coefficient (Wildman–Crippen LogP) is 1.74. The first-order valence-corrected chi connectivity index (χ1v) is 6.71. The van der Waals surface area contributed by atoms with Gasteiger partial charge in [-0.15, -0.1) is 0 Å². The number of carboxylic acid groups (broad SMARTS) is 1. The Kier molecular flexibility index (Phi) is 4.13. The molecule has 1 aromatic rings. The Hall–Kier alpha value is -1.82. The molecule has 5 nitrogen and oxygen atoms in total. The van der Waals surface area contributed by atoms with Crippen LogP contribution < -0.4 is 4.74 Å². The second kappa shape index (κ2) is 5.22. The third-order valence-corrected chi connectivity index (χ3v) is 4.04. The molecule has 98 valence electrons. The van der Waals surface area contributed by atoms with Crippen LogP contribution in [0.15, 0.2) is 35.2 Å². The van der Waals surface area contributed by atoms with Crippen molar-refractivity contribution in [1.29, 1.82) is 0 Å². The fourth-order valence-corrected chi connectivity index (χ4v) is 2.84. The second-order valence-corrected chi connectivity index (χ2v) is 5.87. The van der Waals surface area contributed by atoms with E-state index in [9.17, 15) is 13.2 Å². The molecule has 0 heterocycles. The van der Waals surface area contributed by atoms with E-state index >= 15 is 0 Å². The molecule has 0 saturated carbocycles. The Balaban J connectivity index is 3.32. The summed E-state index contributed by atoms with van der Waals surface area (Å²) < 4.78 is 28.7. The van der Waals surface area contributed by atoms with Gasteiger partial charge < -0.3 is 9.84 Å². The highest BCUT2D eigenvalue weighted by molar-refractivity contribution is 7.91. The summed E-state index contributed by atoms with van der Waals surface area (Å²) in [4.78, 5) is 10.9. The quantitative estimate of drug-likeness (QED) is 0.824. The number of rotatable bonds is 5. The Morgan fingerprint density at radius 2 is 2.06 bits per heavy atom. The summed E-state index contributed by atoms with van der Waals surface area (Å²) in [6.07, 6.45) is 0. The van der Waals surface area contributed by atoms with Crippen molar-refractivity contribution < 1.29 is 23.1 Å². The molecule has 0 aliphatic rings. The summed E-state index contributed by atoms with van der Waals surface area (Å²) >= 11 is 0. The molecule has 0 aromatic heterocycles. The van der Waals surface area contributed by atoms with Crippen molar-refractivity contribution >= 4 is 15.8 Å². The number of hydrogen-bond donors (Lipinski definition) is 1. The molecular weight excluding hydrogens is 256 g/mol. The van der Waals surface area contributed by atoms with Gasteiger partial charge in [-0.3, -0.25) is 0 Å². The van der Waals surface area contributed by atoms with Gasteiger partial charge in [0.2, 0.25) is 0 Å². The monoisotopic (exact) mass is 270 g/mol. The average molecular weight is 270 g/mol. The van der Waals surface area contributed by atoms with Crippen LogP contribution in [0.25, 0.3) is 0 Å². The molecule has 0 spiro atoms. The van der Waals surface area contributed by atoms with Crippen molar-refractivity contribution in [3.63, 3.8) is 0 Å². The number of aromatic carboxylic acids is 1. The van der Waals surface area contributed by atoms with E-state index in [-0.39, 0.29) is 22.0 Å². The van der Waals surface area contributed by atoms with Crippen LogP contribution in [0.3, 0.4) is 0 Å². The van der Waals surface area contributed by atoms with Gasteiger partial charge in [0, 0.05) is 0 Å². The van der Waals surface area contributed by atoms with Crippen LogP contribution in [0.5, 0.6) is 5.75 Å². The van der Waals surface area contributed by atoms with Crippen LogP contribution in [0.1, 0.15) is 17.3 Å². The average Bonchev–Trinajstić information content (AvgIpc) is 2.26. The molecule has 0 amide bonds. The molecule has 1 N–H and O–H groups in total. The summed E-state index contributed by atoms with van der Waals surface area (Å²) in [7, 11) is -2.24. The van der Waals surface area contributed by atoms with E-state index in [4.69, 9.17) is 9.84 Å². The lowest BCUT2D eigenvalue weighted by Gasteiger charge is -2.08. The third-order valence-electron chi connectivity index (χ3n) is 2.20. The first-order valence-electron chi connectivity index (χ1n) is 5.06. The Bertz CT molecular complexity index is 586. The fourth-order valence-electron chi connectivity index (χ4n) is 1.46. The smallest absolute Gasteiger partial charge is 0.339 e. The number of hydrogen-bond acceptors (Lipinski definition) is 4. The van der Waals surface area contributed by atoms with Crippen LogP contribution in [0, 0.1) is 0 Å². The Morgan fingerprint density at radius 1 is 1.44 bits per heavy atom. The molecule has 0 saturated heterocycles. The van der Waals surface area contributed by atoms with Gasteiger partial charge in [0.1, 0.15) is 11.3 Å². The van der Waals surface area contributed by atoms with E-state index in [0.717, 1.165) is 6.07 Å². The first-order chi connectivity index (χ1) is 8.27. The van der Waals surface area contributed by atoms with Crippen molar-refractivity contribution in [2.75, 3.05) is 12.9 Å². The van der Waals surface area contributed by atoms with Gasteiger partial charge in [-0.05, 0) is 25.1 Å². The van der Waals surface area contributed by atoms with Crippen LogP contribution in [0.4, 0.5) is 0 Å². The molecule has 0 unspecified atom stereocenters. The standard InChI is InChI=1S/C12H14O5S/c1-8(2)7-18(15,16)9-4-5-11(17-3)10(6-9)12(13)14/h4-6H,1,7H2,2-3H3,(H,13,14). The molecule has 0 bridgehead atoms. The van der Waals surface area contributed by atoms with E-state index in [1.54, 1.807) is 6.92 Å². The van der Waals surface area contributed by atoms with Crippen LogP contribution >= 0.6 is 0 Å². The SMILES string of the molecule is C=C(C)CS(=O)(=O)c1ccc(OC)c(C(=O)O)c1. The number of ether oxygens (including phenoxy) is 1. The Labute approximate surface area is 106 Å². The van der Waals surface area contributed by atoms with E-state index < -0.39 is 15.8 Å². The van der Waals surface area contributed by atoms with Gasteiger partial charge in [-0.25, -0.2) is 13.2 Å². The zero-order valence-corrected chi connectivity index (χ0v) is 11.0. The lowest BCUT2D eigenvalue weighted by molar-refractivity contribution is 0.0693.